The van der Waals surface area contributed by atoms with Gasteiger partial charge in [0.2, 0.25) is 0 Å². The van der Waals surface area contributed by atoms with Gasteiger partial charge in [-0.15, -0.1) is 0 Å². The first-order valence-electron chi connectivity index (χ1n) is 4.66. The highest BCUT2D eigenvalue weighted by atomic mass is 15.2. The number of hydrogen-bond donors (Lipinski definition) is 1. The predicted octanol–water partition coefficient (Wildman–Crippen LogP) is 0.818. The molecule has 2 fully saturated rings. The van der Waals surface area contributed by atoms with E-state index in [9.17, 15) is 0 Å². The van der Waals surface area contributed by atoms with E-state index >= 15 is 0 Å². The highest BCUT2D eigenvalue weighted by molar-refractivity contribution is 5.13. The molecule has 64 valence electrons. The first kappa shape index (κ1) is 7.56. The summed E-state index contributed by atoms with van der Waals surface area (Å²) in [7, 11) is 2.21. The predicted molar refractivity (Wildman–Crippen MR) is 46.4 cm³/mol. The fourth-order valence-corrected chi connectivity index (χ4v) is 3.02. The molecule has 0 aromatic heterocycles. The first-order valence-corrected chi connectivity index (χ1v) is 4.66. The van der Waals surface area contributed by atoms with Gasteiger partial charge in [0.05, 0.1) is 0 Å². The summed E-state index contributed by atoms with van der Waals surface area (Å²) < 4.78 is 0. The van der Waals surface area contributed by atoms with Crippen LogP contribution in [0.4, 0.5) is 0 Å². The van der Waals surface area contributed by atoms with Crippen molar-refractivity contribution in [1.29, 1.82) is 0 Å². The molecule has 0 bridgehead atoms. The Balaban J connectivity index is 2.06. The van der Waals surface area contributed by atoms with Crippen molar-refractivity contribution in [2.75, 3.05) is 13.6 Å². The highest BCUT2D eigenvalue weighted by Crippen LogP contribution is 2.52. The van der Waals surface area contributed by atoms with Gasteiger partial charge in [0.1, 0.15) is 0 Å². The molecule has 1 saturated carbocycles. The Morgan fingerprint density at radius 1 is 1.64 bits per heavy atom. The minimum atomic E-state index is 0.503. The van der Waals surface area contributed by atoms with Crippen LogP contribution >= 0.6 is 0 Å². The summed E-state index contributed by atoms with van der Waals surface area (Å²) in [5.74, 6) is 0. The maximum atomic E-state index is 6.02. The van der Waals surface area contributed by atoms with Gasteiger partial charge in [0.15, 0.2) is 0 Å². The Kier molecular flexibility index (Phi) is 1.52. The second kappa shape index (κ2) is 2.20. The van der Waals surface area contributed by atoms with Crippen LogP contribution in [0.1, 0.15) is 26.2 Å². The zero-order valence-electron chi connectivity index (χ0n) is 7.51. The second-order valence-electron chi connectivity index (χ2n) is 4.22. The third kappa shape index (κ3) is 0.744. The van der Waals surface area contributed by atoms with Crippen molar-refractivity contribution in [2.45, 2.75) is 38.3 Å². The zero-order valence-corrected chi connectivity index (χ0v) is 7.51. The number of nitrogens with two attached hydrogens (primary N) is 1. The lowest BCUT2D eigenvalue weighted by molar-refractivity contribution is -0.127. The third-order valence-electron chi connectivity index (χ3n) is 3.79. The molecule has 0 radical (unpaired) electrons. The van der Waals surface area contributed by atoms with E-state index in [-0.39, 0.29) is 0 Å². The molecule has 1 saturated heterocycles. The Morgan fingerprint density at radius 2 is 2.36 bits per heavy atom. The molecule has 0 aromatic carbocycles. The smallest absolute Gasteiger partial charge is 0.0173 e. The van der Waals surface area contributed by atoms with Gasteiger partial charge in [0, 0.05) is 24.0 Å². The van der Waals surface area contributed by atoms with Crippen molar-refractivity contribution in [1.82, 2.24) is 4.90 Å². The maximum absolute atomic E-state index is 6.02. The van der Waals surface area contributed by atoms with E-state index in [4.69, 9.17) is 5.73 Å². The number of likely N-dealkylation sites (tertiary alicyclic amines) is 1. The van der Waals surface area contributed by atoms with Crippen molar-refractivity contribution in [3.63, 3.8) is 0 Å². The van der Waals surface area contributed by atoms with Crippen LogP contribution in [0.3, 0.4) is 0 Å². The molecule has 1 heterocycles. The quantitative estimate of drug-likeness (QED) is 0.606. The summed E-state index contributed by atoms with van der Waals surface area (Å²) >= 11 is 0. The molecule has 2 nitrogen and oxygen atoms in total. The van der Waals surface area contributed by atoms with E-state index in [2.05, 4.69) is 18.9 Å². The van der Waals surface area contributed by atoms with Gasteiger partial charge in [-0.3, -0.25) is 0 Å². The van der Waals surface area contributed by atoms with Gasteiger partial charge < -0.3 is 10.6 Å². The largest absolute Gasteiger partial charge is 0.327 e. The summed E-state index contributed by atoms with van der Waals surface area (Å²) in [4.78, 5) is 2.44. The summed E-state index contributed by atoms with van der Waals surface area (Å²) in [5.41, 5.74) is 6.57. The topological polar surface area (TPSA) is 29.3 Å². The number of nitrogens with zero attached hydrogens (tertiary/aromatic N) is 1. The SMILES string of the molecule is CC[C@@H]1N(C)C[C@]12CCC2N. The molecule has 2 N–H and O–H groups in total. The lowest BCUT2D eigenvalue weighted by Crippen LogP contribution is -2.73. The molecule has 0 amide bonds. The Hall–Kier alpha value is -0.0800. The minimum Gasteiger partial charge on any atom is -0.327 e. The molecule has 1 aliphatic heterocycles. The Morgan fingerprint density at radius 3 is 2.55 bits per heavy atom. The van der Waals surface area contributed by atoms with E-state index in [0.717, 1.165) is 6.04 Å². The van der Waals surface area contributed by atoms with E-state index in [1.54, 1.807) is 0 Å². The number of hydrogen-bond acceptors (Lipinski definition) is 2. The molecule has 1 aliphatic carbocycles. The van der Waals surface area contributed by atoms with E-state index in [0.29, 0.717) is 11.5 Å². The van der Waals surface area contributed by atoms with Crippen LogP contribution in [0.5, 0.6) is 0 Å². The normalized spacial score (nSPS) is 50.5. The summed E-state index contributed by atoms with van der Waals surface area (Å²) in [6.45, 7) is 3.51. The molecular formula is C9H18N2. The van der Waals surface area contributed by atoms with Crippen LogP contribution in [0.25, 0.3) is 0 Å². The molecule has 1 spiro atoms. The van der Waals surface area contributed by atoms with Crippen molar-refractivity contribution in [3.05, 3.63) is 0 Å². The van der Waals surface area contributed by atoms with Crippen molar-refractivity contribution >= 4 is 0 Å². The second-order valence-corrected chi connectivity index (χ2v) is 4.22. The van der Waals surface area contributed by atoms with Crippen LogP contribution in [0, 0.1) is 5.41 Å². The molecule has 2 rings (SSSR count). The van der Waals surface area contributed by atoms with E-state index < -0.39 is 0 Å². The van der Waals surface area contributed by atoms with Gasteiger partial charge in [-0.25, -0.2) is 0 Å². The van der Waals surface area contributed by atoms with Crippen molar-refractivity contribution in [3.8, 4) is 0 Å². The molecular weight excluding hydrogens is 136 g/mol. The molecule has 2 aliphatic rings. The molecule has 11 heavy (non-hydrogen) atoms. The standard InChI is InChI=1S/C9H18N2/c1-3-8-9(6-11(8)2)5-4-7(9)10/h7-8H,3-6,10H2,1-2H3/t7?,8-,9-/m0/s1. The summed E-state index contributed by atoms with van der Waals surface area (Å²) in [5, 5.41) is 0. The van der Waals surface area contributed by atoms with Gasteiger partial charge in [-0.05, 0) is 26.3 Å². The summed E-state index contributed by atoms with van der Waals surface area (Å²) in [6.07, 6.45) is 3.89. The Bertz CT molecular complexity index is 169. The fourth-order valence-electron chi connectivity index (χ4n) is 3.02. The average Bonchev–Trinajstić information content (AvgIpc) is 1.97. The molecule has 1 unspecified atom stereocenters. The van der Waals surface area contributed by atoms with Crippen molar-refractivity contribution in [2.24, 2.45) is 11.1 Å². The monoisotopic (exact) mass is 154 g/mol. The highest BCUT2D eigenvalue weighted by Gasteiger charge is 2.58. The van der Waals surface area contributed by atoms with Crippen molar-refractivity contribution < 1.29 is 0 Å². The number of rotatable bonds is 1. The third-order valence-corrected chi connectivity index (χ3v) is 3.79. The van der Waals surface area contributed by atoms with Crippen LogP contribution < -0.4 is 5.73 Å². The van der Waals surface area contributed by atoms with Gasteiger partial charge in [-0.1, -0.05) is 6.92 Å². The zero-order chi connectivity index (χ0) is 8.06. The maximum Gasteiger partial charge on any atom is 0.0173 e. The lowest BCUT2D eigenvalue weighted by atomic mass is 9.54. The van der Waals surface area contributed by atoms with Gasteiger partial charge in [-0.2, -0.15) is 0 Å². The minimum absolute atomic E-state index is 0.503. The van der Waals surface area contributed by atoms with Crippen LogP contribution in [0.2, 0.25) is 0 Å². The fraction of sp³-hybridized carbons (Fsp3) is 1.00. The van der Waals surface area contributed by atoms with Crippen LogP contribution in [0.15, 0.2) is 0 Å². The molecule has 0 aromatic rings. The van der Waals surface area contributed by atoms with E-state index in [1.807, 2.05) is 0 Å². The van der Waals surface area contributed by atoms with Gasteiger partial charge in [0.25, 0.3) is 0 Å². The average molecular weight is 154 g/mol. The Labute approximate surface area is 68.7 Å². The molecule has 2 heteroatoms. The summed E-state index contributed by atoms with van der Waals surface area (Å²) in [6, 6.07) is 1.29. The van der Waals surface area contributed by atoms with E-state index in [1.165, 1.54) is 25.8 Å². The van der Waals surface area contributed by atoms with Crippen LogP contribution in [-0.2, 0) is 0 Å². The first-order chi connectivity index (χ1) is 5.20. The van der Waals surface area contributed by atoms with Gasteiger partial charge >= 0.3 is 0 Å². The lowest BCUT2D eigenvalue weighted by Gasteiger charge is -2.64. The van der Waals surface area contributed by atoms with Crippen LogP contribution in [-0.4, -0.2) is 30.6 Å². The molecule has 3 atom stereocenters.